The van der Waals surface area contributed by atoms with Crippen molar-refractivity contribution in [2.75, 3.05) is 0 Å². The van der Waals surface area contributed by atoms with Gasteiger partial charge in [0.1, 0.15) is 0 Å². The van der Waals surface area contributed by atoms with E-state index in [-0.39, 0.29) is 0 Å². The molecule has 0 heteroatoms. The van der Waals surface area contributed by atoms with Crippen molar-refractivity contribution < 1.29 is 0 Å². The van der Waals surface area contributed by atoms with Crippen LogP contribution in [0.5, 0.6) is 0 Å². The minimum Gasteiger partial charge on any atom is -0.0587 e. The largest absolute Gasteiger partial charge is 0.0587 e. The Hall–Kier alpha value is -11.7. The number of hydrogen-bond acceptors (Lipinski definition) is 0. The van der Waals surface area contributed by atoms with Crippen LogP contribution in [0.1, 0.15) is 228 Å². The molecule has 0 aliphatic heterocycles. The van der Waals surface area contributed by atoms with E-state index in [1.807, 2.05) is 0 Å². The van der Waals surface area contributed by atoms with E-state index in [0.717, 1.165) is 0 Å². The van der Waals surface area contributed by atoms with Gasteiger partial charge in [-0.3, -0.25) is 0 Å². The van der Waals surface area contributed by atoms with Gasteiger partial charge in [0.25, 0.3) is 0 Å². The lowest BCUT2D eigenvalue weighted by Crippen LogP contribution is -2.06. The molecule has 0 radical (unpaired) electrons. The zero-order valence-corrected chi connectivity index (χ0v) is 87.6. The van der Waals surface area contributed by atoms with E-state index in [1.165, 1.54) is 379 Å². The van der Waals surface area contributed by atoms with Crippen LogP contribution in [0.15, 0.2) is 127 Å². The van der Waals surface area contributed by atoms with Gasteiger partial charge >= 0.3 is 0 Å². The number of aryl methyl sites for hydroxylation is 35. The first-order valence-electron chi connectivity index (χ1n) is 48.1. The Kier molecular flexibility index (Phi) is 25.0. The molecule has 21 rings (SSSR count). The van der Waals surface area contributed by atoms with Gasteiger partial charge in [0.05, 0.1) is 0 Å². The van der Waals surface area contributed by atoms with Gasteiger partial charge in [0.2, 0.25) is 0 Å². The van der Waals surface area contributed by atoms with Gasteiger partial charge in [-0.25, -0.2) is 0 Å². The molecule has 0 heterocycles. The first kappa shape index (κ1) is 94.0. The standard InChI is InChI=1S/C36H36.C24H24.C22H22.C18H18.C12H18.C10H14.C9H12/c1-13-14(2)26-17(5)18(6)28-21(9)23(11)30-24(12)22(10)29-20(8)19(7)27-16(4)15(3)25(13)31-32(26)34(28)36(30)35(29)33(27)31;1-13-7-19-20(8-14(13)2)22-10-16(4)18(6)12-24(22)23-11-17(5)15(3)9-21(19)23;1-11-7-17-13(3)15(5)19-9-12(2)10-20-16(6)14(4)18(8-11)21(17)22(19)20;1-11-5-7-15-16-8-6-12(2)10-18(16)14(4)13(3)17(15)9-11;1-7-8(2)10(4)12(6)11(5)9(7)3;1-7-5-9(3)10(4)6-8(7)2;1-7-4-8(2)6-9(3)5-7/h1-12H3;7-12H,1-6H3;7-10H,1-6H3;5-10H,1-4H3;1-6H3;5-6H,1-4H3;4-6H,1-3H3. The topological polar surface area (TPSA) is 0 Å². The van der Waals surface area contributed by atoms with Crippen molar-refractivity contribution in [3.8, 4) is 0 Å². The van der Waals surface area contributed by atoms with Crippen LogP contribution < -0.4 is 0 Å². The molecule has 0 fully saturated rings. The van der Waals surface area contributed by atoms with E-state index in [0.29, 0.717) is 0 Å². The van der Waals surface area contributed by atoms with Crippen LogP contribution in [0.2, 0.25) is 0 Å². The molecule has 0 atom stereocenters. The lowest BCUT2D eigenvalue weighted by atomic mass is 9.72. The van der Waals surface area contributed by atoms with Crippen molar-refractivity contribution in [3.05, 3.63) is 355 Å². The second-order valence-corrected chi connectivity index (χ2v) is 41.2. The average Bonchev–Trinajstić information content (AvgIpc) is 0.655. The summed E-state index contributed by atoms with van der Waals surface area (Å²) in [5.74, 6) is 0. The van der Waals surface area contributed by atoms with E-state index < -0.39 is 0 Å². The van der Waals surface area contributed by atoms with E-state index in [1.54, 1.807) is 0 Å². The highest BCUT2D eigenvalue weighted by molar-refractivity contribution is 6.48. The molecule has 0 saturated heterocycles. The van der Waals surface area contributed by atoms with Crippen LogP contribution in [0.4, 0.5) is 0 Å². The number of benzene rings is 21. The van der Waals surface area contributed by atoms with E-state index in [4.69, 9.17) is 0 Å². The lowest BCUT2D eigenvalue weighted by molar-refractivity contribution is 1.13. The maximum absolute atomic E-state index is 2.37. The molecular weight excluding hydrogens is 1570 g/mol. The van der Waals surface area contributed by atoms with E-state index in [2.05, 4.69) is 411 Å². The first-order valence-corrected chi connectivity index (χ1v) is 48.1. The van der Waals surface area contributed by atoms with Crippen molar-refractivity contribution >= 4 is 151 Å². The molecule has 0 saturated carbocycles. The van der Waals surface area contributed by atoms with E-state index in [9.17, 15) is 0 Å². The third-order valence-electron chi connectivity index (χ3n) is 33.1. The van der Waals surface area contributed by atoms with Gasteiger partial charge in [0.15, 0.2) is 0 Å². The Labute approximate surface area is 784 Å². The molecule has 0 N–H and O–H groups in total. The number of rotatable bonds is 0. The zero-order valence-electron chi connectivity index (χ0n) is 87.6. The van der Waals surface area contributed by atoms with Gasteiger partial charge in [-0.05, 0) is 635 Å². The lowest BCUT2D eigenvalue weighted by Gasteiger charge is -2.31. The quantitative estimate of drug-likeness (QED) is 0.105. The maximum atomic E-state index is 2.37. The van der Waals surface area contributed by atoms with Gasteiger partial charge < -0.3 is 0 Å². The molecule has 0 aromatic heterocycles. The number of hydrogen-bond donors (Lipinski definition) is 0. The van der Waals surface area contributed by atoms with Crippen molar-refractivity contribution in [1.29, 1.82) is 0 Å². The Balaban J connectivity index is 0.000000123. The fourth-order valence-electron chi connectivity index (χ4n) is 23.1. The summed E-state index contributed by atoms with van der Waals surface area (Å²) in [4.78, 5) is 0. The highest BCUT2D eigenvalue weighted by atomic mass is 14.3. The smallest absolute Gasteiger partial charge is 0.000793 e. The second kappa shape index (κ2) is 34.8. The molecule has 0 aliphatic rings. The highest BCUT2D eigenvalue weighted by Crippen LogP contribution is 2.57. The molecule has 21 aromatic rings. The molecule has 0 amide bonds. The summed E-state index contributed by atoms with van der Waals surface area (Å²) < 4.78 is 0. The molecular formula is C131H144. The van der Waals surface area contributed by atoms with Crippen molar-refractivity contribution in [1.82, 2.24) is 0 Å². The number of fused-ring (bicyclic) bond motifs is 9. The summed E-state index contributed by atoms with van der Waals surface area (Å²) >= 11 is 0. The highest BCUT2D eigenvalue weighted by Gasteiger charge is 2.32. The Morgan fingerprint density at radius 3 is 0.405 bits per heavy atom. The SMILES string of the molecule is Cc1c(C)c(C)c(C)c(C)c1C.Cc1c(C)c2c(C)c(C)c3c(C)c(C)c4c(C)c(C)c5c(C)c(C)c6c(C)c(C)c1c1c2c3c4c5c61.Cc1cc(C)c(C)cc1C.Cc1cc(C)cc(C)c1.Cc1cc2c(C)c(C)c3cc(C)cc4c(C)c(C)c(c1)c2c34.Cc1cc2c3cc(C)c(C)cc3c3cc(C)c(C)cc3c2cc1C.Cc1ccc2c(c1)c(C)c(C)c1cc(C)ccc12. The summed E-state index contributed by atoms with van der Waals surface area (Å²) in [6.45, 7) is 92.3. The Morgan fingerprint density at radius 2 is 0.229 bits per heavy atom. The second-order valence-electron chi connectivity index (χ2n) is 41.2. The average molecular weight is 1720 g/mol. The van der Waals surface area contributed by atoms with Gasteiger partial charge in [-0.15, -0.1) is 0 Å². The van der Waals surface area contributed by atoms with Gasteiger partial charge in [-0.1, -0.05) is 155 Å². The summed E-state index contributed by atoms with van der Waals surface area (Å²) in [6, 6.07) is 48.2. The predicted molar refractivity (Wildman–Crippen MR) is 589 cm³/mol. The fraction of sp³-hybridized carbons (Fsp3) is 0.313. The monoisotopic (exact) mass is 1720 g/mol. The molecule has 0 unspecified atom stereocenters. The summed E-state index contributed by atoms with van der Waals surface area (Å²) in [5.41, 5.74) is 58.0. The van der Waals surface area contributed by atoms with Crippen LogP contribution in [-0.2, 0) is 0 Å². The van der Waals surface area contributed by atoms with Crippen molar-refractivity contribution in [2.24, 2.45) is 0 Å². The molecule has 0 spiro atoms. The normalized spacial score (nSPS) is 11.7. The van der Waals surface area contributed by atoms with Crippen LogP contribution in [0.25, 0.3) is 151 Å². The van der Waals surface area contributed by atoms with Crippen LogP contribution in [-0.4, -0.2) is 0 Å². The minimum absolute atomic E-state index is 1.33. The van der Waals surface area contributed by atoms with Gasteiger partial charge in [-0.2, -0.15) is 0 Å². The molecule has 0 aliphatic carbocycles. The van der Waals surface area contributed by atoms with Crippen LogP contribution in [0, 0.1) is 284 Å². The van der Waals surface area contributed by atoms with Crippen LogP contribution in [0.3, 0.4) is 0 Å². The van der Waals surface area contributed by atoms with Crippen molar-refractivity contribution in [2.45, 2.75) is 284 Å². The van der Waals surface area contributed by atoms with Gasteiger partial charge in [0, 0.05) is 0 Å². The summed E-state index contributed by atoms with van der Waals surface area (Å²) in [5, 5.41) is 40.5. The molecule has 0 bridgehead atoms. The predicted octanol–water partition coefficient (Wildman–Crippen LogP) is 38.3. The maximum Gasteiger partial charge on any atom is -0.000793 e. The summed E-state index contributed by atoms with van der Waals surface area (Å²) in [6.07, 6.45) is 0. The minimum atomic E-state index is 1.33. The Morgan fingerprint density at radius 1 is 0.0840 bits per heavy atom. The third kappa shape index (κ3) is 15.4. The Bertz CT molecular complexity index is 7140. The van der Waals surface area contributed by atoms with Crippen molar-refractivity contribution in [3.63, 3.8) is 0 Å². The molecule has 668 valence electrons. The van der Waals surface area contributed by atoms with E-state index >= 15 is 0 Å². The molecule has 0 nitrogen and oxygen atoms in total. The molecule has 131 heavy (non-hydrogen) atoms. The molecule has 21 aromatic carbocycles. The third-order valence-corrected chi connectivity index (χ3v) is 33.1. The zero-order chi connectivity index (χ0) is 95.7. The van der Waals surface area contributed by atoms with Crippen LogP contribution >= 0.6 is 0 Å². The fourth-order valence-corrected chi connectivity index (χ4v) is 23.1. The summed E-state index contributed by atoms with van der Waals surface area (Å²) in [7, 11) is 0. The first-order chi connectivity index (χ1) is 61.5.